The van der Waals surface area contributed by atoms with Crippen molar-refractivity contribution in [2.45, 2.75) is 37.5 Å². The quantitative estimate of drug-likeness (QED) is 0.656. The van der Waals surface area contributed by atoms with Gasteiger partial charge in [0.15, 0.2) is 14.9 Å². The minimum atomic E-state index is -3.33. The van der Waals surface area contributed by atoms with Gasteiger partial charge in [0.2, 0.25) is 5.91 Å². The summed E-state index contributed by atoms with van der Waals surface area (Å²) < 4.78 is 24.9. The molecule has 2 aromatic rings. The molecule has 0 atom stereocenters. The summed E-state index contributed by atoms with van der Waals surface area (Å²) in [6.07, 6.45) is 2.44. The topological polar surface area (TPSA) is 75.3 Å². The van der Waals surface area contributed by atoms with Crippen LogP contribution in [0.15, 0.2) is 59.5 Å². The molecule has 27 heavy (non-hydrogen) atoms. The Morgan fingerprint density at radius 3 is 2.33 bits per heavy atom. The van der Waals surface area contributed by atoms with Gasteiger partial charge in [-0.2, -0.15) is 0 Å². The third-order valence-corrected chi connectivity index (χ3v) is 5.94. The van der Waals surface area contributed by atoms with Crippen LogP contribution in [0.25, 0.3) is 0 Å². The molecule has 0 unspecified atom stereocenters. The molecule has 1 amide bonds. The molecule has 0 aliphatic carbocycles. The van der Waals surface area contributed by atoms with Gasteiger partial charge in [0.1, 0.15) is 0 Å². The molecular weight excluding hydrogens is 380 g/mol. The summed E-state index contributed by atoms with van der Waals surface area (Å²) in [7, 11) is -3.33. The second-order valence-corrected chi connectivity index (χ2v) is 8.70. The fraction of sp³-hybridized carbons (Fsp3) is 0.300. The van der Waals surface area contributed by atoms with Crippen molar-refractivity contribution < 1.29 is 13.2 Å². The fourth-order valence-electron chi connectivity index (χ4n) is 2.55. The highest BCUT2D eigenvalue weighted by Crippen LogP contribution is 2.17. The van der Waals surface area contributed by atoms with Crippen LogP contribution in [0, 0.1) is 0 Å². The molecule has 5 nitrogen and oxygen atoms in total. The number of carbonyl (C=O) groups is 1. The lowest BCUT2D eigenvalue weighted by molar-refractivity contribution is -0.119. The van der Waals surface area contributed by atoms with E-state index in [-0.39, 0.29) is 21.7 Å². The van der Waals surface area contributed by atoms with E-state index in [1.807, 2.05) is 37.3 Å². The van der Waals surface area contributed by atoms with Crippen molar-refractivity contribution >= 4 is 38.8 Å². The van der Waals surface area contributed by atoms with Crippen LogP contribution in [0.2, 0.25) is 0 Å². The molecule has 144 valence electrons. The van der Waals surface area contributed by atoms with E-state index in [4.69, 9.17) is 12.2 Å². The molecule has 0 heterocycles. The molecule has 0 aliphatic heterocycles. The van der Waals surface area contributed by atoms with Crippen LogP contribution < -0.4 is 10.6 Å². The molecule has 0 saturated heterocycles. The molecule has 0 aliphatic rings. The highest BCUT2D eigenvalue weighted by Gasteiger charge is 2.14. The van der Waals surface area contributed by atoms with Crippen LogP contribution in [0.4, 0.5) is 5.69 Å². The highest BCUT2D eigenvalue weighted by atomic mass is 32.2. The van der Waals surface area contributed by atoms with Crippen LogP contribution in [0.3, 0.4) is 0 Å². The van der Waals surface area contributed by atoms with Gasteiger partial charge in [0.05, 0.1) is 10.6 Å². The number of rotatable bonds is 8. The summed E-state index contributed by atoms with van der Waals surface area (Å²) in [6.45, 7) is 1.91. The predicted octanol–water partition coefficient (Wildman–Crippen LogP) is 3.71. The highest BCUT2D eigenvalue weighted by molar-refractivity contribution is 7.91. The fourth-order valence-corrected chi connectivity index (χ4v) is 4.10. The molecule has 2 rings (SSSR count). The summed E-state index contributed by atoms with van der Waals surface area (Å²) in [5.41, 5.74) is 1.76. The minimum absolute atomic E-state index is 0.0974. The van der Waals surface area contributed by atoms with E-state index in [0.29, 0.717) is 18.5 Å². The van der Waals surface area contributed by atoms with Gasteiger partial charge in [-0.1, -0.05) is 37.3 Å². The number of sulfone groups is 1. The van der Waals surface area contributed by atoms with Crippen molar-refractivity contribution in [1.82, 2.24) is 5.32 Å². The molecule has 0 saturated carbocycles. The number of hydrogen-bond donors (Lipinski definition) is 2. The Kier molecular flexibility index (Phi) is 7.94. The number of aryl methyl sites for hydroxylation is 1. The average molecular weight is 405 g/mol. The minimum Gasteiger partial charge on any atom is -0.332 e. The largest absolute Gasteiger partial charge is 0.332 e. The first kappa shape index (κ1) is 21.1. The molecule has 2 aromatic carbocycles. The van der Waals surface area contributed by atoms with Crippen molar-refractivity contribution in [2.75, 3.05) is 11.1 Å². The van der Waals surface area contributed by atoms with Crippen molar-refractivity contribution in [3.63, 3.8) is 0 Å². The van der Waals surface area contributed by atoms with Crippen molar-refractivity contribution in [2.24, 2.45) is 0 Å². The Labute approximate surface area is 166 Å². The Morgan fingerprint density at radius 2 is 1.70 bits per heavy atom. The van der Waals surface area contributed by atoms with E-state index in [0.717, 1.165) is 18.4 Å². The predicted molar refractivity (Wildman–Crippen MR) is 113 cm³/mol. The van der Waals surface area contributed by atoms with Gasteiger partial charge < -0.3 is 10.6 Å². The smallest absolute Gasteiger partial charge is 0.226 e. The number of thiocarbonyl (C=S) groups is 1. The first-order valence-electron chi connectivity index (χ1n) is 8.88. The standard InChI is InChI=1S/C20H24N2O3S2/c1-2-7-19(23)22-20(26)21-17-11-13-18(14-12-17)27(24,25)15-6-10-16-8-4-3-5-9-16/h3-5,8-9,11-14H,2,6-7,10,15H2,1H3,(H2,21,22,23,26). The van der Waals surface area contributed by atoms with Gasteiger partial charge in [-0.25, -0.2) is 8.42 Å². The van der Waals surface area contributed by atoms with E-state index >= 15 is 0 Å². The lowest BCUT2D eigenvalue weighted by Crippen LogP contribution is -2.33. The van der Waals surface area contributed by atoms with Crippen LogP contribution in [-0.4, -0.2) is 25.2 Å². The number of carbonyl (C=O) groups excluding carboxylic acids is 1. The monoisotopic (exact) mass is 404 g/mol. The van der Waals surface area contributed by atoms with E-state index < -0.39 is 9.84 Å². The lowest BCUT2D eigenvalue weighted by atomic mass is 10.1. The molecule has 0 fully saturated rings. The summed E-state index contributed by atoms with van der Waals surface area (Å²) >= 11 is 5.08. The van der Waals surface area contributed by atoms with Gasteiger partial charge in [0, 0.05) is 12.1 Å². The molecule has 0 spiro atoms. The molecule has 2 N–H and O–H groups in total. The van der Waals surface area contributed by atoms with Crippen LogP contribution in [0.5, 0.6) is 0 Å². The molecule has 0 radical (unpaired) electrons. The van der Waals surface area contributed by atoms with E-state index in [2.05, 4.69) is 10.6 Å². The van der Waals surface area contributed by atoms with Gasteiger partial charge >= 0.3 is 0 Å². The zero-order valence-corrected chi connectivity index (χ0v) is 16.9. The van der Waals surface area contributed by atoms with Gasteiger partial charge in [-0.05, 0) is 61.3 Å². The first-order valence-corrected chi connectivity index (χ1v) is 10.9. The third kappa shape index (κ3) is 7.11. The molecule has 0 bridgehead atoms. The second-order valence-electron chi connectivity index (χ2n) is 6.18. The van der Waals surface area contributed by atoms with Crippen LogP contribution in [0.1, 0.15) is 31.7 Å². The van der Waals surface area contributed by atoms with E-state index in [1.54, 1.807) is 24.3 Å². The molecule has 7 heteroatoms. The number of anilines is 1. The van der Waals surface area contributed by atoms with Crippen LogP contribution >= 0.6 is 12.2 Å². The summed E-state index contributed by atoms with van der Waals surface area (Å²) in [5.74, 6) is -0.0484. The zero-order chi connectivity index (χ0) is 19.7. The SMILES string of the molecule is CCCC(=O)NC(=S)Nc1ccc(S(=O)(=O)CCCc2ccccc2)cc1. The Bertz CT molecular complexity index is 864. The van der Waals surface area contributed by atoms with Crippen molar-refractivity contribution in [1.29, 1.82) is 0 Å². The zero-order valence-electron chi connectivity index (χ0n) is 15.3. The third-order valence-electron chi connectivity index (χ3n) is 3.92. The second kappa shape index (κ2) is 10.2. The summed E-state index contributed by atoms with van der Waals surface area (Å²) in [4.78, 5) is 11.8. The number of hydrogen-bond acceptors (Lipinski definition) is 4. The number of nitrogens with one attached hydrogen (secondary N) is 2. The Balaban J connectivity index is 1.89. The van der Waals surface area contributed by atoms with Gasteiger partial charge in [-0.15, -0.1) is 0 Å². The number of amides is 1. The maximum absolute atomic E-state index is 12.5. The molecular formula is C20H24N2O3S2. The van der Waals surface area contributed by atoms with E-state index in [1.165, 1.54) is 0 Å². The van der Waals surface area contributed by atoms with Crippen molar-refractivity contribution in [3.05, 3.63) is 60.2 Å². The summed E-state index contributed by atoms with van der Waals surface area (Å²) in [6, 6.07) is 16.2. The lowest BCUT2D eigenvalue weighted by Gasteiger charge is -2.10. The Hall–Kier alpha value is -2.25. The normalized spacial score (nSPS) is 11.0. The van der Waals surface area contributed by atoms with Gasteiger partial charge in [-0.3, -0.25) is 4.79 Å². The number of benzene rings is 2. The first-order chi connectivity index (χ1) is 12.9. The van der Waals surface area contributed by atoms with Crippen molar-refractivity contribution in [3.8, 4) is 0 Å². The maximum Gasteiger partial charge on any atom is 0.226 e. The summed E-state index contributed by atoms with van der Waals surface area (Å²) in [5, 5.41) is 5.66. The maximum atomic E-state index is 12.5. The Morgan fingerprint density at radius 1 is 1.04 bits per heavy atom. The van der Waals surface area contributed by atoms with Crippen LogP contribution in [-0.2, 0) is 21.1 Å². The average Bonchev–Trinajstić information content (AvgIpc) is 2.63. The molecule has 0 aromatic heterocycles. The van der Waals surface area contributed by atoms with E-state index in [9.17, 15) is 13.2 Å². The van der Waals surface area contributed by atoms with Gasteiger partial charge in [0.25, 0.3) is 0 Å².